The number of halogens is 3. The zero-order chi connectivity index (χ0) is 27.0. The van der Waals surface area contributed by atoms with Gasteiger partial charge in [-0.05, 0) is 45.4 Å². The predicted molar refractivity (Wildman–Crippen MR) is 139 cm³/mol. The fourth-order valence-corrected chi connectivity index (χ4v) is 5.55. The Hall–Kier alpha value is -3.08. The Bertz CT molecular complexity index is 1350. The number of carboxylic acid groups (broad SMARTS) is 1. The molecular formula is C27H30ClF2N5O3. The Kier molecular flexibility index (Phi) is 7.39. The average Bonchev–Trinajstić information content (AvgIpc) is 3.24. The van der Waals surface area contributed by atoms with E-state index in [4.69, 9.17) is 16.3 Å². The number of pyridine rings is 1. The van der Waals surface area contributed by atoms with Crippen LogP contribution in [0.2, 0.25) is 5.02 Å². The highest BCUT2D eigenvalue weighted by molar-refractivity contribution is 6.30. The number of aromatic amines is 1. The van der Waals surface area contributed by atoms with Crippen LogP contribution in [0.3, 0.4) is 0 Å². The van der Waals surface area contributed by atoms with Crippen LogP contribution in [0.1, 0.15) is 48.2 Å². The number of hydrogen-bond donors (Lipinski definition) is 3. The van der Waals surface area contributed by atoms with E-state index in [9.17, 15) is 14.3 Å². The fourth-order valence-electron chi connectivity index (χ4n) is 5.36. The van der Waals surface area contributed by atoms with Gasteiger partial charge >= 0.3 is 5.97 Å². The molecule has 0 aliphatic carbocycles. The maximum atomic E-state index is 15.8. The van der Waals surface area contributed by atoms with E-state index in [0.29, 0.717) is 49.1 Å². The van der Waals surface area contributed by atoms with Gasteiger partial charge in [-0.3, -0.25) is 14.8 Å². The van der Waals surface area contributed by atoms with Crippen LogP contribution in [-0.4, -0.2) is 57.0 Å². The number of piperidine rings is 1. The number of H-pyrrole nitrogens is 1. The van der Waals surface area contributed by atoms with Crippen molar-refractivity contribution in [1.29, 1.82) is 0 Å². The maximum Gasteiger partial charge on any atom is 0.310 e. The monoisotopic (exact) mass is 545 g/mol. The van der Waals surface area contributed by atoms with Crippen molar-refractivity contribution in [2.24, 2.45) is 5.41 Å². The lowest BCUT2D eigenvalue weighted by Crippen LogP contribution is -2.50. The van der Waals surface area contributed by atoms with Crippen molar-refractivity contribution < 1.29 is 23.4 Å². The molecule has 8 nitrogen and oxygen atoms in total. The zero-order valence-corrected chi connectivity index (χ0v) is 22.0. The van der Waals surface area contributed by atoms with Crippen LogP contribution >= 0.6 is 11.6 Å². The molecule has 2 fully saturated rings. The maximum absolute atomic E-state index is 15.8. The lowest BCUT2D eigenvalue weighted by atomic mass is 9.72. The Morgan fingerprint density at radius 2 is 2.08 bits per heavy atom. The summed E-state index contributed by atoms with van der Waals surface area (Å²) in [4.78, 5) is 19.2. The average molecular weight is 546 g/mol. The number of nitrogens with zero attached hydrogens (tertiary/aromatic N) is 3. The number of aryl methyl sites for hydroxylation is 1. The SMILES string of the molecule is Cc1cc(Nc2cc(C3COC3)c(F)c(C[C@@]3(C(=O)O)CCN(Cc4cccc(Cl)c4F)[C@H](C)C3)n2)n[nH]1. The Morgan fingerprint density at radius 3 is 2.71 bits per heavy atom. The minimum atomic E-state index is -1.22. The first-order chi connectivity index (χ1) is 18.1. The van der Waals surface area contributed by atoms with Gasteiger partial charge in [-0.15, -0.1) is 0 Å². The molecule has 38 heavy (non-hydrogen) atoms. The summed E-state index contributed by atoms with van der Waals surface area (Å²) in [5.74, 6) is -1.13. The second-order valence-corrected chi connectivity index (χ2v) is 10.8. The van der Waals surface area contributed by atoms with Crippen LogP contribution in [0, 0.1) is 24.0 Å². The Labute approximate surface area is 224 Å². The van der Waals surface area contributed by atoms with Crippen LogP contribution in [0.15, 0.2) is 30.3 Å². The molecule has 0 amide bonds. The number of hydrogen-bond acceptors (Lipinski definition) is 6. The third-order valence-corrected chi connectivity index (χ3v) is 7.94. The summed E-state index contributed by atoms with van der Waals surface area (Å²) >= 11 is 5.94. The largest absolute Gasteiger partial charge is 0.481 e. The third kappa shape index (κ3) is 5.25. The number of aromatic nitrogens is 3. The van der Waals surface area contributed by atoms with Gasteiger partial charge in [-0.25, -0.2) is 13.8 Å². The van der Waals surface area contributed by atoms with E-state index in [-0.39, 0.29) is 41.9 Å². The molecule has 5 rings (SSSR count). The van der Waals surface area contributed by atoms with Crippen molar-refractivity contribution in [3.8, 4) is 0 Å². The molecule has 2 aromatic heterocycles. The van der Waals surface area contributed by atoms with Gasteiger partial charge in [0, 0.05) is 47.8 Å². The van der Waals surface area contributed by atoms with Crippen molar-refractivity contribution >= 4 is 29.2 Å². The van der Waals surface area contributed by atoms with Gasteiger partial charge in [0.2, 0.25) is 0 Å². The second-order valence-electron chi connectivity index (χ2n) is 10.4. The molecular weight excluding hydrogens is 516 g/mol. The van der Waals surface area contributed by atoms with Gasteiger partial charge < -0.3 is 15.2 Å². The number of carbonyl (C=O) groups is 1. The molecule has 3 N–H and O–H groups in total. The van der Waals surface area contributed by atoms with E-state index >= 15 is 4.39 Å². The van der Waals surface area contributed by atoms with Crippen LogP contribution in [0.5, 0.6) is 0 Å². The smallest absolute Gasteiger partial charge is 0.310 e. The van der Waals surface area contributed by atoms with Gasteiger partial charge in [0.1, 0.15) is 17.5 Å². The first-order valence-electron chi connectivity index (χ1n) is 12.6. The molecule has 11 heteroatoms. The topological polar surface area (TPSA) is 103 Å². The number of nitrogens with one attached hydrogen (secondary N) is 2. The summed E-state index contributed by atoms with van der Waals surface area (Å²) in [6.07, 6.45) is 0.478. The number of ether oxygens (including phenoxy) is 1. The highest BCUT2D eigenvalue weighted by Gasteiger charge is 2.45. The summed E-state index contributed by atoms with van der Waals surface area (Å²) in [5.41, 5.74) is 0.655. The van der Waals surface area contributed by atoms with Crippen LogP contribution in [0.4, 0.5) is 20.4 Å². The molecule has 2 saturated heterocycles. The number of likely N-dealkylation sites (tertiary alicyclic amines) is 1. The van der Waals surface area contributed by atoms with Crippen molar-refractivity contribution in [2.45, 2.75) is 51.6 Å². The van der Waals surface area contributed by atoms with Crippen molar-refractivity contribution in [3.05, 3.63) is 69.5 Å². The van der Waals surface area contributed by atoms with E-state index in [1.807, 2.05) is 18.7 Å². The minimum Gasteiger partial charge on any atom is -0.481 e. The van der Waals surface area contributed by atoms with Crippen LogP contribution in [-0.2, 0) is 22.5 Å². The van der Waals surface area contributed by atoms with Gasteiger partial charge in [0.15, 0.2) is 5.82 Å². The number of aliphatic carboxylic acids is 1. The minimum absolute atomic E-state index is 0.0553. The molecule has 0 radical (unpaired) electrons. The molecule has 0 unspecified atom stereocenters. The molecule has 1 aromatic carbocycles. The number of anilines is 2. The summed E-state index contributed by atoms with van der Waals surface area (Å²) in [5, 5.41) is 20.5. The van der Waals surface area contributed by atoms with Gasteiger partial charge in [-0.2, -0.15) is 5.10 Å². The molecule has 0 bridgehead atoms. The van der Waals surface area contributed by atoms with E-state index in [1.165, 1.54) is 6.07 Å². The summed E-state index contributed by atoms with van der Waals surface area (Å²) in [6, 6.07) is 8.13. The predicted octanol–water partition coefficient (Wildman–Crippen LogP) is 5.20. The van der Waals surface area contributed by atoms with Gasteiger partial charge in [0.05, 0.1) is 29.3 Å². The summed E-state index contributed by atoms with van der Waals surface area (Å²) < 4.78 is 35.6. The molecule has 2 aliphatic heterocycles. The van der Waals surface area contributed by atoms with Crippen molar-refractivity contribution in [2.75, 3.05) is 25.1 Å². The highest BCUT2D eigenvalue weighted by Crippen LogP contribution is 2.41. The van der Waals surface area contributed by atoms with Crippen molar-refractivity contribution in [1.82, 2.24) is 20.1 Å². The van der Waals surface area contributed by atoms with E-state index in [0.717, 1.165) is 5.69 Å². The molecule has 4 heterocycles. The van der Waals surface area contributed by atoms with E-state index < -0.39 is 23.0 Å². The fraction of sp³-hybridized carbons (Fsp3) is 0.444. The molecule has 0 saturated carbocycles. The quantitative estimate of drug-likeness (QED) is 0.357. The molecule has 2 aliphatic rings. The van der Waals surface area contributed by atoms with Gasteiger partial charge in [0.25, 0.3) is 0 Å². The number of benzene rings is 1. The Balaban J connectivity index is 1.41. The van der Waals surface area contributed by atoms with Crippen molar-refractivity contribution in [3.63, 3.8) is 0 Å². The summed E-state index contributed by atoms with van der Waals surface area (Å²) in [7, 11) is 0. The van der Waals surface area contributed by atoms with Crippen LogP contribution < -0.4 is 5.32 Å². The molecule has 2 atom stereocenters. The first kappa shape index (κ1) is 26.5. The normalized spacial score (nSPS) is 22.3. The zero-order valence-electron chi connectivity index (χ0n) is 21.2. The Morgan fingerprint density at radius 1 is 1.29 bits per heavy atom. The first-order valence-corrected chi connectivity index (χ1v) is 13.0. The lowest BCUT2D eigenvalue weighted by Gasteiger charge is -2.43. The number of rotatable bonds is 8. The molecule has 0 spiro atoms. The molecule has 202 valence electrons. The summed E-state index contributed by atoms with van der Waals surface area (Å²) in [6.45, 7) is 5.30. The van der Waals surface area contributed by atoms with Gasteiger partial charge in [-0.1, -0.05) is 23.7 Å². The van der Waals surface area contributed by atoms with E-state index in [2.05, 4.69) is 20.5 Å². The van der Waals surface area contributed by atoms with E-state index in [1.54, 1.807) is 24.3 Å². The molecule has 3 aromatic rings. The highest BCUT2D eigenvalue weighted by atomic mass is 35.5. The van der Waals surface area contributed by atoms with Crippen LogP contribution in [0.25, 0.3) is 0 Å². The second kappa shape index (κ2) is 10.6. The lowest BCUT2D eigenvalue weighted by molar-refractivity contribution is -0.153. The third-order valence-electron chi connectivity index (χ3n) is 7.65. The standard InChI is InChI=1S/C27H30ClF2N5O3/c1-15-8-23(34-33-15)32-22-9-19(18-13-38-14-18)25(30)21(31-22)11-27(26(36)37)6-7-35(16(2)10-27)12-17-4-3-5-20(28)24(17)29/h3-5,8-9,16,18H,6-7,10-14H2,1-2H3,(H,36,37)(H2,31,32,33,34)/t16-,27-/m1/s1. The number of carboxylic acids is 1.